The summed E-state index contributed by atoms with van der Waals surface area (Å²) in [5.74, 6) is 1.44. The van der Waals surface area contributed by atoms with Crippen LogP contribution in [-0.4, -0.2) is 50.1 Å². The summed E-state index contributed by atoms with van der Waals surface area (Å²) in [7, 11) is 1.84. The van der Waals surface area contributed by atoms with Crippen molar-refractivity contribution in [1.29, 1.82) is 0 Å². The molecular formula is C21H24N2O5. The van der Waals surface area contributed by atoms with Crippen molar-refractivity contribution in [2.75, 3.05) is 38.9 Å². The normalized spacial score (nSPS) is 12.1. The Morgan fingerprint density at radius 1 is 1.14 bits per heavy atom. The van der Waals surface area contributed by atoms with E-state index >= 15 is 0 Å². The second kappa shape index (κ2) is 8.75. The molecule has 1 aliphatic heterocycles. The molecule has 1 aliphatic rings. The molecule has 7 nitrogen and oxygen atoms in total. The van der Waals surface area contributed by atoms with E-state index in [-0.39, 0.29) is 25.0 Å². The van der Waals surface area contributed by atoms with E-state index in [4.69, 9.17) is 14.2 Å². The average Bonchev–Trinajstić information content (AvgIpc) is 3.09. The van der Waals surface area contributed by atoms with Crippen LogP contribution >= 0.6 is 0 Å². The topological polar surface area (TPSA) is 77.1 Å². The van der Waals surface area contributed by atoms with Gasteiger partial charge in [0.2, 0.25) is 12.7 Å². The molecule has 0 saturated carbocycles. The van der Waals surface area contributed by atoms with Crippen LogP contribution in [0.2, 0.25) is 0 Å². The van der Waals surface area contributed by atoms with Gasteiger partial charge >= 0.3 is 0 Å². The number of hydrogen-bond donors (Lipinski definition) is 1. The molecule has 0 aliphatic carbocycles. The number of Topliss-reactive ketones (excluding diaryl/α,β-unsaturated/α-hetero) is 1. The summed E-state index contributed by atoms with van der Waals surface area (Å²) in [4.78, 5) is 26.1. The largest absolute Gasteiger partial charge is 0.492 e. The van der Waals surface area contributed by atoms with Crippen molar-refractivity contribution in [1.82, 2.24) is 4.90 Å². The second-order valence-electron chi connectivity index (χ2n) is 6.75. The molecule has 1 N–H and O–H groups in total. The Labute approximate surface area is 164 Å². The van der Waals surface area contributed by atoms with Crippen LogP contribution in [0.1, 0.15) is 22.8 Å². The molecule has 7 heteroatoms. The molecule has 3 rings (SSSR count). The van der Waals surface area contributed by atoms with Gasteiger partial charge in [-0.05, 0) is 39.1 Å². The Morgan fingerprint density at radius 3 is 2.50 bits per heavy atom. The fourth-order valence-corrected chi connectivity index (χ4v) is 2.80. The summed E-state index contributed by atoms with van der Waals surface area (Å²) in [5.41, 5.74) is 1.99. The number of likely N-dealkylation sites (N-methyl/N-ethyl adjacent to an activating group) is 1. The van der Waals surface area contributed by atoms with E-state index in [1.165, 1.54) is 12.5 Å². The molecule has 1 heterocycles. The van der Waals surface area contributed by atoms with Crippen molar-refractivity contribution < 1.29 is 23.8 Å². The molecule has 0 unspecified atom stereocenters. The maximum absolute atomic E-state index is 12.4. The molecule has 2 aromatic rings. The third-order valence-corrected chi connectivity index (χ3v) is 4.34. The van der Waals surface area contributed by atoms with Crippen LogP contribution < -0.4 is 19.5 Å². The Kier molecular flexibility index (Phi) is 6.16. The quantitative estimate of drug-likeness (QED) is 0.706. The molecule has 0 fully saturated rings. The van der Waals surface area contributed by atoms with Gasteiger partial charge in [0, 0.05) is 18.2 Å². The second-order valence-corrected chi connectivity index (χ2v) is 6.75. The summed E-state index contributed by atoms with van der Waals surface area (Å²) in [6.07, 6.45) is 0. The van der Waals surface area contributed by atoms with Crippen molar-refractivity contribution in [2.24, 2.45) is 0 Å². The number of ketones is 1. The Balaban J connectivity index is 1.52. The van der Waals surface area contributed by atoms with Gasteiger partial charge in [-0.1, -0.05) is 17.7 Å². The molecule has 0 aromatic heterocycles. The number of nitrogens with one attached hydrogen (secondary N) is 1. The van der Waals surface area contributed by atoms with Crippen LogP contribution in [0.5, 0.6) is 17.2 Å². The van der Waals surface area contributed by atoms with E-state index in [0.29, 0.717) is 35.9 Å². The predicted octanol–water partition coefficient (Wildman–Crippen LogP) is 2.88. The number of ether oxygens (including phenoxy) is 3. The number of nitrogens with zero attached hydrogens (tertiary/aromatic N) is 1. The van der Waals surface area contributed by atoms with Crippen LogP contribution in [0.3, 0.4) is 0 Å². The highest BCUT2D eigenvalue weighted by Gasteiger charge is 2.20. The highest BCUT2D eigenvalue weighted by Crippen LogP contribution is 2.37. The molecule has 28 heavy (non-hydrogen) atoms. The van der Waals surface area contributed by atoms with E-state index in [1.54, 1.807) is 12.1 Å². The summed E-state index contributed by atoms with van der Waals surface area (Å²) < 4.78 is 16.3. The van der Waals surface area contributed by atoms with Gasteiger partial charge in [-0.25, -0.2) is 0 Å². The van der Waals surface area contributed by atoms with E-state index < -0.39 is 0 Å². The SMILES string of the molecule is CC(=O)c1cc2c(cc1NC(=O)CN(C)CCOc1ccc(C)cc1)OCO2. The summed E-state index contributed by atoms with van der Waals surface area (Å²) in [6, 6.07) is 11.0. The van der Waals surface area contributed by atoms with Crippen LogP contribution in [-0.2, 0) is 4.79 Å². The van der Waals surface area contributed by atoms with Crippen molar-refractivity contribution in [3.8, 4) is 17.2 Å². The number of carbonyl (C=O) groups is 2. The first kappa shape index (κ1) is 19.7. The van der Waals surface area contributed by atoms with E-state index in [2.05, 4.69) is 5.32 Å². The first-order chi connectivity index (χ1) is 13.4. The Morgan fingerprint density at radius 2 is 1.82 bits per heavy atom. The number of aryl methyl sites for hydroxylation is 1. The molecule has 0 spiro atoms. The minimum Gasteiger partial charge on any atom is -0.492 e. The zero-order valence-corrected chi connectivity index (χ0v) is 16.3. The average molecular weight is 384 g/mol. The first-order valence-electron chi connectivity index (χ1n) is 9.05. The van der Waals surface area contributed by atoms with Crippen molar-refractivity contribution >= 4 is 17.4 Å². The number of hydrogen-bond acceptors (Lipinski definition) is 6. The van der Waals surface area contributed by atoms with Crippen LogP contribution in [0, 0.1) is 6.92 Å². The Hall–Kier alpha value is -3.06. The number of fused-ring (bicyclic) bond motifs is 1. The number of rotatable bonds is 8. The van der Waals surface area contributed by atoms with Gasteiger partial charge in [-0.15, -0.1) is 0 Å². The maximum atomic E-state index is 12.4. The molecule has 2 aromatic carbocycles. The third kappa shape index (κ3) is 5.01. The summed E-state index contributed by atoms with van der Waals surface area (Å²) in [6.45, 7) is 4.80. The lowest BCUT2D eigenvalue weighted by molar-refractivity contribution is -0.117. The highest BCUT2D eigenvalue weighted by molar-refractivity contribution is 6.05. The number of carbonyl (C=O) groups excluding carboxylic acids is 2. The maximum Gasteiger partial charge on any atom is 0.238 e. The van der Waals surface area contributed by atoms with Gasteiger partial charge in [0.25, 0.3) is 0 Å². The number of anilines is 1. The zero-order valence-electron chi connectivity index (χ0n) is 16.3. The minimum atomic E-state index is -0.223. The van der Waals surface area contributed by atoms with Gasteiger partial charge in [-0.3, -0.25) is 14.5 Å². The van der Waals surface area contributed by atoms with Gasteiger partial charge in [0.05, 0.1) is 12.2 Å². The predicted molar refractivity (Wildman–Crippen MR) is 105 cm³/mol. The van der Waals surface area contributed by atoms with Crippen molar-refractivity contribution in [3.05, 3.63) is 47.5 Å². The van der Waals surface area contributed by atoms with Gasteiger partial charge in [-0.2, -0.15) is 0 Å². The lowest BCUT2D eigenvalue weighted by Gasteiger charge is -2.17. The van der Waals surface area contributed by atoms with Gasteiger partial charge in [0.15, 0.2) is 17.3 Å². The lowest BCUT2D eigenvalue weighted by Crippen LogP contribution is -2.33. The molecule has 0 saturated heterocycles. The molecule has 0 atom stereocenters. The van der Waals surface area contributed by atoms with Crippen molar-refractivity contribution in [2.45, 2.75) is 13.8 Å². The smallest absolute Gasteiger partial charge is 0.238 e. The summed E-state index contributed by atoms with van der Waals surface area (Å²) in [5, 5.41) is 2.79. The van der Waals surface area contributed by atoms with Crippen LogP contribution in [0.25, 0.3) is 0 Å². The van der Waals surface area contributed by atoms with Crippen LogP contribution in [0.15, 0.2) is 36.4 Å². The van der Waals surface area contributed by atoms with Crippen molar-refractivity contribution in [3.63, 3.8) is 0 Å². The molecule has 0 bridgehead atoms. The van der Waals surface area contributed by atoms with E-state index in [0.717, 1.165) is 5.75 Å². The lowest BCUT2D eigenvalue weighted by atomic mass is 10.1. The fourth-order valence-electron chi connectivity index (χ4n) is 2.80. The highest BCUT2D eigenvalue weighted by atomic mass is 16.7. The van der Waals surface area contributed by atoms with E-state index in [1.807, 2.05) is 43.1 Å². The van der Waals surface area contributed by atoms with Crippen LogP contribution in [0.4, 0.5) is 5.69 Å². The van der Waals surface area contributed by atoms with E-state index in [9.17, 15) is 9.59 Å². The molecule has 0 radical (unpaired) electrons. The Bertz CT molecular complexity index is 864. The fraction of sp³-hybridized carbons (Fsp3) is 0.333. The minimum absolute atomic E-state index is 0.105. The third-order valence-electron chi connectivity index (χ3n) is 4.34. The molecular weight excluding hydrogens is 360 g/mol. The van der Waals surface area contributed by atoms with Gasteiger partial charge < -0.3 is 19.5 Å². The number of amides is 1. The molecule has 148 valence electrons. The zero-order chi connectivity index (χ0) is 20.1. The standard InChI is InChI=1S/C21H24N2O5/c1-14-4-6-16(7-5-14)26-9-8-23(3)12-21(25)22-18-11-20-19(27-13-28-20)10-17(18)15(2)24/h4-7,10-11H,8-9,12-13H2,1-3H3,(H,22,25). The molecule has 1 amide bonds. The number of benzene rings is 2. The van der Waals surface area contributed by atoms with Gasteiger partial charge in [0.1, 0.15) is 12.4 Å². The first-order valence-corrected chi connectivity index (χ1v) is 9.05. The summed E-state index contributed by atoms with van der Waals surface area (Å²) >= 11 is 0. The monoisotopic (exact) mass is 384 g/mol.